The third-order valence-corrected chi connectivity index (χ3v) is 5.94. The van der Waals surface area contributed by atoms with Crippen molar-refractivity contribution in [3.63, 3.8) is 0 Å². The second-order valence-electron chi connectivity index (χ2n) is 9.47. The Morgan fingerprint density at radius 1 is 0.643 bits per heavy atom. The fourth-order valence-corrected chi connectivity index (χ4v) is 4.06. The van der Waals surface area contributed by atoms with E-state index in [-0.39, 0.29) is 12.1 Å². The zero-order chi connectivity index (χ0) is 21.0. The Balaban J connectivity index is 3.55. The Morgan fingerprint density at radius 2 is 1.07 bits per heavy atom. The van der Waals surface area contributed by atoms with Crippen LogP contribution in [0.4, 0.5) is 0 Å². The lowest BCUT2D eigenvalue weighted by Crippen LogP contribution is -2.10. The molecule has 0 heterocycles. The normalized spacial score (nSPS) is 12.7. The van der Waals surface area contributed by atoms with Gasteiger partial charge in [0.25, 0.3) is 0 Å². The van der Waals surface area contributed by atoms with Crippen molar-refractivity contribution < 1.29 is 9.53 Å². The van der Waals surface area contributed by atoms with Gasteiger partial charge in [0.15, 0.2) is 0 Å². The number of ether oxygens (including phenoxy) is 1. The van der Waals surface area contributed by atoms with E-state index in [1.165, 1.54) is 96.3 Å². The fourth-order valence-electron chi connectivity index (χ4n) is 4.06. The molecule has 0 amide bonds. The SMILES string of the molecule is CCCCCCCCCCC(CCCCCCCCC(=O)OC(C)C)C(C)C. The van der Waals surface area contributed by atoms with Gasteiger partial charge in [0.2, 0.25) is 0 Å². The van der Waals surface area contributed by atoms with Crippen molar-refractivity contribution in [3.05, 3.63) is 0 Å². The van der Waals surface area contributed by atoms with E-state index in [2.05, 4.69) is 20.8 Å². The molecule has 0 aliphatic heterocycles. The number of rotatable bonds is 20. The maximum absolute atomic E-state index is 11.5. The van der Waals surface area contributed by atoms with Crippen LogP contribution in [-0.2, 0) is 9.53 Å². The topological polar surface area (TPSA) is 26.3 Å². The van der Waals surface area contributed by atoms with Gasteiger partial charge in [-0.3, -0.25) is 4.79 Å². The zero-order valence-electron chi connectivity index (χ0n) is 20.1. The Kier molecular flexibility index (Phi) is 19.4. The van der Waals surface area contributed by atoms with Crippen molar-refractivity contribution in [2.24, 2.45) is 11.8 Å². The standard InChI is InChI=1S/C26H52O2/c1-6-7-8-9-10-11-14-17-20-25(23(2)3)21-18-15-12-13-16-19-22-26(27)28-24(4)5/h23-25H,6-22H2,1-5H3. The molecule has 0 aromatic carbocycles. The lowest BCUT2D eigenvalue weighted by atomic mass is 9.85. The second-order valence-corrected chi connectivity index (χ2v) is 9.47. The quantitative estimate of drug-likeness (QED) is 0.152. The molecule has 0 aromatic heterocycles. The van der Waals surface area contributed by atoms with Gasteiger partial charge in [-0.25, -0.2) is 0 Å². The average molecular weight is 397 g/mol. The van der Waals surface area contributed by atoms with Crippen LogP contribution in [-0.4, -0.2) is 12.1 Å². The highest BCUT2D eigenvalue weighted by Crippen LogP contribution is 2.25. The van der Waals surface area contributed by atoms with Crippen LogP contribution in [0, 0.1) is 11.8 Å². The molecule has 0 rings (SSSR count). The van der Waals surface area contributed by atoms with Crippen LogP contribution in [0.5, 0.6) is 0 Å². The first-order valence-corrected chi connectivity index (χ1v) is 12.7. The van der Waals surface area contributed by atoms with Crippen molar-refractivity contribution in [1.82, 2.24) is 0 Å². The fraction of sp³-hybridized carbons (Fsp3) is 0.962. The maximum atomic E-state index is 11.5. The van der Waals surface area contributed by atoms with Gasteiger partial charge < -0.3 is 4.74 Å². The van der Waals surface area contributed by atoms with Gasteiger partial charge >= 0.3 is 5.97 Å². The number of carbonyl (C=O) groups excluding carboxylic acids is 1. The molecule has 0 aliphatic carbocycles. The highest BCUT2D eigenvalue weighted by Gasteiger charge is 2.12. The molecule has 0 bridgehead atoms. The molecule has 0 spiro atoms. The van der Waals surface area contributed by atoms with Crippen molar-refractivity contribution in [3.8, 4) is 0 Å². The van der Waals surface area contributed by atoms with Crippen LogP contribution in [0.2, 0.25) is 0 Å². The predicted molar refractivity (Wildman–Crippen MR) is 124 cm³/mol. The zero-order valence-corrected chi connectivity index (χ0v) is 20.1. The molecule has 168 valence electrons. The second kappa shape index (κ2) is 19.8. The minimum absolute atomic E-state index is 0.0206. The van der Waals surface area contributed by atoms with Crippen molar-refractivity contribution in [1.29, 1.82) is 0 Å². The minimum Gasteiger partial charge on any atom is -0.463 e. The van der Waals surface area contributed by atoms with Crippen LogP contribution in [0.15, 0.2) is 0 Å². The molecule has 1 unspecified atom stereocenters. The molecular formula is C26H52O2. The minimum atomic E-state index is -0.0317. The largest absolute Gasteiger partial charge is 0.463 e. The van der Waals surface area contributed by atoms with E-state index in [9.17, 15) is 4.79 Å². The van der Waals surface area contributed by atoms with Crippen molar-refractivity contribution in [2.75, 3.05) is 0 Å². The van der Waals surface area contributed by atoms with Crippen LogP contribution in [0.25, 0.3) is 0 Å². The Labute approximate surface area is 177 Å². The van der Waals surface area contributed by atoms with E-state index in [4.69, 9.17) is 4.74 Å². The van der Waals surface area contributed by atoms with Gasteiger partial charge in [0.05, 0.1) is 6.10 Å². The summed E-state index contributed by atoms with van der Waals surface area (Å²) in [5.74, 6) is 1.72. The number of hydrogen-bond donors (Lipinski definition) is 0. The Hall–Kier alpha value is -0.530. The van der Waals surface area contributed by atoms with Gasteiger partial charge in [0.1, 0.15) is 0 Å². The Morgan fingerprint density at radius 3 is 1.50 bits per heavy atom. The van der Waals surface area contributed by atoms with E-state index >= 15 is 0 Å². The molecule has 0 aliphatic rings. The summed E-state index contributed by atoms with van der Waals surface area (Å²) < 4.78 is 5.17. The third kappa shape index (κ3) is 18.8. The summed E-state index contributed by atoms with van der Waals surface area (Å²) in [6.45, 7) is 10.9. The van der Waals surface area contributed by atoms with Crippen LogP contribution in [0.3, 0.4) is 0 Å². The number of unbranched alkanes of at least 4 members (excludes halogenated alkanes) is 12. The summed E-state index contributed by atoms with van der Waals surface area (Å²) in [5, 5.41) is 0. The number of esters is 1. The number of hydrogen-bond acceptors (Lipinski definition) is 2. The first-order chi connectivity index (χ1) is 13.5. The molecule has 0 saturated heterocycles. The lowest BCUT2D eigenvalue weighted by Gasteiger charge is -2.20. The van der Waals surface area contributed by atoms with Crippen molar-refractivity contribution >= 4 is 5.97 Å². The van der Waals surface area contributed by atoms with Gasteiger partial charge in [-0.2, -0.15) is 0 Å². The van der Waals surface area contributed by atoms with Gasteiger partial charge in [-0.05, 0) is 32.1 Å². The molecule has 0 saturated carbocycles. The molecule has 0 fully saturated rings. The van der Waals surface area contributed by atoms with Crippen LogP contribution < -0.4 is 0 Å². The summed E-state index contributed by atoms with van der Waals surface area (Å²) >= 11 is 0. The van der Waals surface area contributed by atoms with Crippen LogP contribution in [0.1, 0.15) is 144 Å². The first kappa shape index (κ1) is 27.5. The maximum Gasteiger partial charge on any atom is 0.306 e. The summed E-state index contributed by atoms with van der Waals surface area (Å²) in [4.78, 5) is 11.5. The lowest BCUT2D eigenvalue weighted by molar-refractivity contribution is -0.147. The monoisotopic (exact) mass is 396 g/mol. The average Bonchev–Trinajstić information content (AvgIpc) is 2.63. The van der Waals surface area contributed by atoms with E-state index in [0.29, 0.717) is 6.42 Å². The van der Waals surface area contributed by atoms with Crippen molar-refractivity contribution in [2.45, 2.75) is 150 Å². The van der Waals surface area contributed by atoms with Gasteiger partial charge in [0, 0.05) is 6.42 Å². The molecule has 0 aromatic rings. The Bertz CT molecular complexity index is 335. The van der Waals surface area contributed by atoms with Crippen LogP contribution >= 0.6 is 0 Å². The summed E-state index contributed by atoms with van der Waals surface area (Å²) in [6, 6.07) is 0. The molecule has 2 heteroatoms. The smallest absolute Gasteiger partial charge is 0.306 e. The van der Waals surface area contributed by atoms with Gasteiger partial charge in [-0.15, -0.1) is 0 Å². The molecule has 1 atom stereocenters. The highest BCUT2D eigenvalue weighted by molar-refractivity contribution is 5.69. The molecule has 2 nitrogen and oxygen atoms in total. The number of carbonyl (C=O) groups is 1. The molecule has 0 N–H and O–H groups in total. The molecular weight excluding hydrogens is 344 g/mol. The summed E-state index contributed by atoms with van der Waals surface area (Å²) in [7, 11) is 0. The van der Waals surface area contributed by atoms with E-state index < -0.39 is 0 Å². The molecule has 28 heavy (non-hydrogen) atoms. The molecule has 0 radical (unpaired) electrons. The highest BCUT2D eigenvalue weighted by atomic mass is 16.5. The summed E-state index contributed by atoms with van der Waals surface area (Å²) in [6.07, 6.45) is 22.3. The third-order valence-electron chi connectivity index (χ3n) is 5.94. The van der Waals surface area contributed by atoms with E-state index in [0.717, 1.165) is 18.3 Å². The predicted octanol–water partition coefficient (Wildman–Crippen LogP) is 8.86. The summed E-state index contributed by atoms with van der Waals surface area (Å²) in [5.41, 5.74) is 0. The van der Waals surface area contributed by atoms with Gasteiger partial charge in [-0.1, -0.05) is 117 Å². The van der Waals surface area contributed by atoms with E-state index in [1.54, 1.807) is 0 Å². The first-order valence-electron chi connectivity index (χ1n) is 12.7. The van der Waals surface area contributed by atoms with E-state index in [1.807, 2.05) is 13.8 Å².